The molecule has 7 nitrogen and oxygen atoms in total. The maximum atomic E-state index is 9.54. The van der Waals surface area contributed by atoms with Crippen LogP contribution < -0.4 is 16.2 Å². The number of aliphatic hydroxyl groups is 2. The summed E-state index contributed by atoms with van der Waals surface area (Å²) in [5, 5.41) is 19.1. The second-order valence-corrected chi connectivity index (χ2v) is 4.06. The molecular weight excluding hydrogens is 222 g/mol. The highest BCUT2D eigenvalue weighted by Crippen LogP contribution is 2.26. The third-order valence-corrected chi connectivity index (χ3v) is 2.97. The molecule has 1 aromatic heterocycles. The number of rotatable bonds is 3. The third-order valence-electron chi connectivity index (χ3n) is 2.97. The fraction of sp³-hybridized carbons (Fsp3) is 0.600. The van der Waals surface area contributed by atoms with Crippen LogP contribution in [0, 0.1) is 0 Å². The number of aromatic nitrogens is 2. The van der Waals surface area contributed by atoms with Crippen molar-refractivity contribution in [2.45, 2.75) is 25.6 Å². The lowest BCUT2D eigenvalue weighted by Crippen LogP contribution is -2.25. The molecule has 0 bridgehead atoms. The molecular formula is C10H17N5O2. The van der Waals surface area contributed by atoms with Crippen molar-refractivity contribution in [3.8, 4) is 0 Å². The lowest BCUT2D eigenvalue weighted by molar-refractivity contribution is 0.0572. The zero-order valence-electron chi connectivity index (χ0n) is 9.67. The molecule has 0 spiro atoms. The van der Waals surface area contributed by atoms with E-state index in [1.807, 2.05) is 11.8 Å². The third kappa shape index (κ3) is 2.17. The molecule has 0 aliphatic carbocycles. The SMILES string of the molecule is CCc1c(NN)ncnc1N1CC(O)C(O)C1. The van der Waals surface area contributed by atoms with E-state index in [1.165, 1.54) is 6.33 Å². The topological polar surface area (TPSA) is 108 Å². The Morgan fingerprint density at radius 3 is 2.59 bits per heavy atom. The van der Waals surface area contributed by atoms with E-state index in [-0.39, 0.29) is 0 Å². The normalized spacial score (nSPS) is 24.1. The second-order valence-electron chi connectivity index (χ2n) is 4.06. The van der Waals surface area contributed by atoms with Crippen molar-refractivity contribution in [3.05, 3.63) is 11.9 Å². The van der Waals surface area contributed by atoms with Crippen molar-refractivity contribution in [3.63, 3.8) is 0 Å². The maximum Gasteiger partial charge on any atom is 0.148 e. The molecule has 0 aromatic carbocycles. The Morgan fingerprint density at radius 2 is 2.06 bits per heavy atom. The van der Waals surface area contributed by atoms with Crippen LogP contribution in [0.5, 0.6) is 0 Å². The highest BCUT2D eigenvalue weighted by atomic mass is 16.3. The van der Waals surface area contributed by atoms with Gasteiger partial charge in [0, 0.05) is 18.7 Å². The summed E-state index contributed by atoms with van der Waals surface area (Å²) in [6.07, 6.45) is 0.673. The van der Waals surface area contributed by atoms with E-state index in [1.54, 1.807) is 0 Å². The smallest absolute Gasteiger partial charge is 0.148 e. The highest BCUT2D eigenvalue weighted by molar-refractivity contribution is 5.59. The Kier molecular flexibility index (Phi) is 3.41. The number of hydrogen-bond acceptors (Lipinski definition) is 7. The van der Waals surface area contributed by atoms with Gasteiger partial charge in [-0.1, -0.05) is 6.92 Å². The van der Waals surface area contributed by atoms with E-state index in [0.29, 0.717) is 24.7 Å². The minimum Gasteiger partial charge on any atom is -0.389 e. The largest absolute Gasteiger partial charge is 0.389 e. The average Bonchev–Trinajstić information content (AvgIpc) is 2.68. The predicted molar refractivity (Wildman–Crippen MR) is 63.4 cm³/mol. The summed E-state index contributed by atoms with van der Waals surface area (Å²) in [7, 11) is 0. The lowest BCUT2D eigenvalue weighted by atomic mass is 10.2. The van der Waals surface area contributed by atoms with Gasteiger partial charge >= 0.3 is 0 Å². The number of nitrogens with one attached hydrogen (secondary N) is 1. The van der Waals surface area contributed by atoms with Gasteiger partial charge in [-0.05, 0) is 6.42 Å². The molecule has 2 rings (SSSR count). The van der Waals surface area contributed by atoms with Crippen LogP contribution in [0.3, 0.4) is 0 Å². The number of nitrogens with zero attached hydrogens (tertiary/aromatic N) is 3. The van der Waals surface area contributed by atoms with Crippen LogP contribution in [0.25, 0.3) is 0 Å². The lowest BCUT2D eigenvalue weighted by Gasteiger charge is -2.20. The maximum absolute atomic E-state index is 9.54. The van der Waals surface area contributed by atoms with Crippen molar-refractivity contribution in [1.29, 1.82) is 0 Å². The van der Waals surface area contributed by atoms with Crippen molar-refractivity contribution in [2.24, 2.45) is 5.84 Å². The molecule has 0 radical (unpaired) electrons. The quantitative estimate of drug-likeness (QED) is 0.390. The van der Waals surface area contributed by atoms with Gasteiger partial charge in [0.25, 0.3) is 0 Å². The first-order valence-electron chi connectivity index (χ1n) is 5.59. The van der Waals surface area contributed by atoms with Gasteiger partial charge in [-0.15, -0.1) is 0 Å². The van der Waals surface area contributed by atoms with Crippen molar-refractivity contribution in [1.82, 2.24) is 9.97 Å². The Bertz CT molecular complexity index is 390. The van der Waals surface area contributed by atoms with Gasteiger partial charge in [0.05, 0.1) is 12.2 Å². The zero-order chi connectivity index (χ0) is 12.4. The summed E-state index contributed by atoms with van der Waals surface area (Å²) < 4.78 is 0. The summed E-state index contributed by atoms with van der Waals surface area (Å²) in [6, 6.07) is 0. The summed E-state index contributed by atoms with van der Waals surface area (Å²) in [5.41, 5.74) is 3.42. The molecule has 0 saturated carbocycles. The van der Waals surface area contributed by atoms with Crippen LogP contribution in [-0.4, -0.2) is 45.5 Å². The number of nitrogens with two attached hydrogens (primary N) is 1. The molecule has 1 saturated heterocycles. The predicted octanol–water partition coefficient (Wildman–Crippen LogP) is -1.13. The molecule has 2 heterocycles. The molecule has 0 amide bonds. The standard InChI is InChI=1S/C10H17N5O2/c1-2-6-9(14-11)12-5-13-10(6)15-3-7(16)8(17)4-15/h5,7-8,16-17H,2-4,11H2,1H3,(H,12,13,14). The molecule has 7 heteroatoms. The molecule has 2 unspecified atom stereocenters. The Morgan fingerprint density at radius 1 is 1.41 bits per heavy atom. The number of hydrogen-bond donors (Lipinski definition) is 4. The Hall–Kier alpha value is -1.44. The first-order valence-corrected chi connectivity index (χ1v) is 5.59. The molecule has 5 N–H and O–H groups in total. The van der Waals surface area contributed by atoms with Gasteiger partial charge in [0.2, 0.25) is 0 Å². The summed E-state index contributed by atoms with van der Waals surface area (Å²) in [6.45, 7) is 2.72. The highest BCUT2D eigenvalue weighted by Gasteiger charge is 2.31. The van der Waals surface area contributed by atoms with Crippen LogP contribution in [0.4, 0.5) is 11.6 Å². The van der Waals surface area contributed by atoms with Gasteiger partial charge < -0.3 is 20.5 Å². The van der Waals surface area contributed by atoms with Crippen LogP contribution in [0.1, 0.15) is 12.5 Å². The first-order chi connectivity index (χ1) is 8.17. The minimum absolute atomic E-state index is 0.370. The number of β-amino-alcohol motifs (C(OH)–C–C–N with tert-alkyl or cyclic N) is 2. The summed E-state index contributed by atoms with van der Waals surface area (Å²) in [4.78, 5) is 10.1. The number of hydrazine groups is 1. The number of aliphatic hydroxyl groups excluding tert-OH is 2. The van der Waals surface area contributed by atoms with Crippen molar-refractivity contribution in [2.75, 3.05) is 23.4 Å². The Labute approximate surface area is 99.3 Å². The van der Waals surface area contributed by atoms with Gasteiger partial charge in [-0.25, -0.2) is 15.8 Å². The van der Waals surface area contributed by atoms with Crippen molar-refractivity contribution < 1.29 is 10.2 Å². The zero-order valence-corrected chi connectivity index (χ0v) is 9.67. The van der Waals surface area contributed by atoms with E-state index in [9.17, 15) is 10.2 Å². The molecule has 1 aliphatic heterocycles. The van der Waals surface area contributed by atoms with Gasteiger partial charge in [-0.3, -0.25) is 0 Å². The van der Waals surface area contributed by atoms with E-state index in [2.05, 4.69) is 15.4 Å². The molecule has 1 fully saturated rings. The Balaban J connectivity index is 2.32. The summed E-state index contributed by atoms with van der Waals surface area (Å²) in [5.74, 6) is 6.68. The monoisotopic (exact) mass is 239 g/mol. The number of nitrogen functional groups attached to an aromatic ring is 1. The van der Waals surface area contributed by atoms with E-state index >= 15 is 0 Å². The molecule has 94 valence electrons. The van der Waals surface area contributed by atoms with Crippen LogP contribution in [-0.2, 0) is 6.42 Å². The van der Waals surface area contributed by atoms with Crippen LogP contribution >= 0.6 is 0 Å². The molecule has 17 heavy (non-hydrogen) atoms. The van der Waals surface area contributed by atoms with Crippen molar-refractivity contribution >= 4 is 11.6 Å². The molecule has 1 aliphatic rings. The van der Waals surface area contributed by atoms with Gasteiger partial charge in [0.15, 0.2) is 0 Å². The summed E-state index contributed by atoms with van der Waals surface area (Å²) >= 11 is 0. The van der Waals surface area contributed by atoms with Crippen LogP contribution in [0.15, 0.2) is 6.33 Å². The first kappa shape index (κ1) is 12.0. The van der Waals surface area contributed by atoms with Gasteiger partial charge in [0.1, 0.15) is 18.0 Å². The molecule has 2 atom stereocenters. The number of anilines is 2. The molecule has 1 aromatic rings. The minimum atomic E-state index is -0.732. The van der Waals surface area contributed by atoms with E-state index < -0.39 is 12.2 Å². The fourth-order valence-corrected chi connectivity index (χ4v) is 2.07. The fourth-order valence-electron chi connectivity index (χ4n) is 2.07. The average molecular weight is 239 g/mol. The van der Waals surface area contributed by atoms with Crippen LogP contribution in [0.2, 0.25) is 0 Å². The van der Waals surface area contributed by atoms with Gasteiger partial charge in [-0.2, -0.15) is 0 Å². The van der Waals surface area contributed by atoms with E-state index in [4.69, 9.17) is 5.84 Å². The van der Waals surface area contributed by atoms with E-state index in [0.717, 1.165) is 12.0 Å². The second kappa shape index (κ2) is 4.82.